The van der Waals surface area contributed by atoms with Gasteiger partial charge in [0, 0.05) is 30.7 Å². The van der Waals surface area contributed by atoms with Gasteiger partial charge in [0.2, 0.25) is 21.8 Å². The number of carbonyl (C=O) groups is 1. The molecule has 0 aliphatic heterocycles. The van der Waals surface area contributed by atoms with Crippen molar-refractivity contribution in [1.82, 2.24) is 39.4 Å². The number of pyridine rings is 1. The Bertz CT molecular complexity index is 2680. The predicted octanol–water partition coefficient (Wildman–Crippen LogP) is 5.41. The molecule has 6 aromatic rings. The van der Waals surface area contributed by atoms with Gasteiger partial charge in [0.15, 0.2) is 11.5 Å². The van der Waals surface area contributed by atoms with Gasteiger partial charge in [-0.2, -0.15) is 15.2 Å². The number of halogens is 5. The number of ether oxygens (including phenoxy) is 1. The van der Waals surface area contributed by atoms with E-state index in [1.54, 1.807) is 6.20 Å². The van der Waals surface area contributed by atoms with E-state index in [1.165, 1.54) is 36.1 Å². The van der Waals surface area contributed by atoms with E-state index in [4.69, 9.17) is 21.3 Å². The summed E-state index contributed by atoms with van der Waals surface area (Å²) in [6, 6.07) is 8.73. The van der Waals surface area contributed by atoms with Crippen molar-refractivity contribution >= 4 is 55.3 Å². The van der Waals surface area contributed by atoms with Crippen LogP contribution in [0.3, 0.4) is 0 Å². The first-order chi connectivity index (χ1) is 26.8. The highest BCUT2D eigenvalue weighted by molar-refractivity contribution is 7.93. The van der Waals surface area contributed by atoms with Crippen molar-refractivity contribution in [3.63, 3.8) is 0 Å². The molecule has 2 aliphatic carbocycles. The summed E-state index contributed by atoms with van der Waals surface area (Å²) in [5, 5.41) is 10.6. The smallest absolute Gasteiger partial charge is 0.267 e. The SMILES string of the molecule is COc1ccc2c(=O)n(-c3ccc(Cl)c4c(NS(=O)(=O)C5CC5)nn(CC(F)F)c34)c(C(Cc3cc(F)cc(F)c3)NC(=O)Cn3ccc(C4CC4)n3)nc2n1. The van der Waals surface area contributed by atoms with Gasteiger partial charge >= 0.3 is 0 Å². The summed E-state index contributed by atoms with van der Waals surface area (Å²) in [6.07, 6.45) is 1.10. The quantitative estimate of drug-likeness (QED) is 0.137. The van der Waals surface area contributed by atoms with Gasteiger partial charge < -0.3 is 10.1 Å². The van der Waals surface area contributed by atoms with Crippen molar-refractivity contribution in [3.05, 3.63) is 98.8 Å². The molecule has 14 nitrogen and oxygen atoms in total. The number of sulfonamides is 1. The summed E-state index contributed by atoms with van der Waals surface area (Å²) >= 11 is 6.64. The minimum absolute atomic E-state index is 0.0572. The molecule has 0 bridgehead atoms. The average molecular weight is 814 g/mol. The number of methoxy groups -OCH3 is 1. The highest BCUT2D eigenvalue weighted by Gasteiger charge is 2.37. The molecule has 0 radical (unpaired) electrons. The Kier molecular flexibility index (Phi) is 9.68. The molecular formula is C36H32ClF4N9O5S. The Morgan fingerprint density at radius 2 is 1.77 bits per heavy atom. The Morgan fingerprint density at radius 3 is 2.45 bits per heavy atom. The molecule has 20 heteroatoms. The maximum atomic E-state index is 14.7. The summed E-state index contributed by atoms with van der Waals surface area (Å²) in [5.74, 6) is -2.58. The number of hydrogen-bond donors (Lipinski definition) is 2. The van der Waals surface area contributed by atoms with Gasteiger partial charge in [-0.3, -0.25) is 28.2 Å². The second kappa shape index (κ2) is 14.5. The Hall–Kier alpha value is -5.56. The molecule has 1 atom stereocenters. The highest BCUT2D eigenvalue weighted by atomic mass is 35.5. The van der Waals surface area contributed by atoms with Crippen molar-refractivity contribution in [2.75, 3.05) is 11.8 Å². The van der Waals surface area contributed by atoms with E-state index >= 15 is 0 Å². The molecule has 1 amide bonds. The maximum absolute atomic E-state index is 14.7. The topological polar surface area (TPSA) is 168 Å². The Balaban J connectivity index is 1.35. The minimum Gasteiger partial charge on any atom is -0.481 e. The lowest BCUT2D eigenvalue weighted by atomic mass is 10.0. The number of nitrogens with one attached hydrogen (secondary N) is 2. The van der Waals surface area contributed by atoms with Crippen molar-refractivity contribution < 1.29 is 35.5 Å². The number of carbonyl (C=O) groups excluding carboxylic acids is 1. The van der Waals surface area contributed by atoms with E-state index in [2.05, 4.69) is 25.2 Å². The van der Waals surface area contributed by atoms with Crippen LogP contribution in [0.1, 0.15) is 54.7 Å². The summed E-state index contributed by atoms with van der Waals surface area (Å²) < 4.78 is 94.6. The van der Waals surface area contributed by atoms with Gasteiger partial charge in [0.1, 0.15) is 30.5 Å². The summed E-state index contributed by atoms with van der Waals surface area (Å²) in [6.45, 7) is -1.31. The van der Waals surface area contributed by atoms with Crippen LogP contribution < -0.4 is 20.3 Å². The van der Waals surface area contributed by atoms with E-state index in [-0.39, 0.29) is 68.7 Å². The second-order valence-corrected chi connectivity index (χ2v) is 16.1. The van der Waals surface area contributed by atoms with Gasteiger partial charge in [-0.15, -0.1) is 0 Å². The number of fused-ring (bicyclic) bond motifs is 2. The minimum atomic E-state index is -3.98. The third-order valence-corrected chi connectivity index (χ3v) is 11.6. The maximum Gasteiger partial charge on any atom is 0.267 e. The molecule has 2 aliphatic rings. The van der Waals surface area contributed by atoms with E-state index in [0.717, 1.165) is 39.9 Å². The van der Waals surface area contributed by atoms with Gasteiger partial charge in [0.25, 0.3) is 12.0 Å². The fraction of sp³-hybridized carbons (Fsp3) is 0.333. The van der Waals surface area contributed by atoms with Crippen LogP contribution in [0.4, 0.5) is 23.4 Å². The zero-order valence-corrected chi connectivity index (χ0v) is 31.0. The molecule has 4 heterocycles. The van der Waals surface area contributed by atoms with Crippen LogP contribution in [0.15, 0.2) is 59.5 Å². The lowest BCUT2D eigenvalue weighted by Gasteiger charge is -2.24. The number of benzene rings is 2. The molecular weight excluding hydrogens is 782 g/mol. The fourth-order valence-corrected chi connectivity index (χ4v) is 8.22. The first kappa shape index (κ1) is 37.4. The van der Waals surface area contributed by atoms with Gasteiger partial charge in [-0.05, 0) is 67.6 Å². The van der Waals surface area contributed by atoms with Crippen LogP contribution in [0.2, 0.25) is 5.02 Å². The molecule has 0 saturated heterocycles. The molecule has 56 heavy (non-hydrogen) atoms. The molecule has 2 saturated carbocycles. The van der Waals surface area contributed by atoms with Crippen LogP contribution in [0.5, 0.6) is 5.88 Å². The third kappa shape index (κ3) is 7.52. The summed E-state index contributed by atoms with van der Waals surface area (Å²) in [4.78, 5) is 37.6. The molecule has 292 valence electrons. The number of nitrogens with zero attached hydrogens (tertiary/aromatic N) is 7. The van der Waals surface area contributed by atoms with E-state index in [1.807, 2.05) is 6.07 Å². The third-order valence-electron chi connectivity index (χ3n) is 9.49. The van der Waals surface area contributed by atoms with Crippen LogP contribution in [-0.4, -0.2) is 67.2 Å². The normalized spacial score (nSPS) is 15.1. The number of alkyl halides is 2. The Labute approximate surface area is 320 Å². The van der Waals surface area contributed by atoms with Crippen LogP contribution in [0, 0.1) is 11.6 Å². The fourth-order valence-electron chi connectivity index (χ4n) is 6.64. The van der Waals surface area contributed by atoms with Crippen molar-refractivity contribution in [2.45, 2.75) is 68.8 Å². The molecule has 2 aromatic carbocycles. The van der Waals surface area contributed by atoms with Gasteiger partial charge in [-0.25, -0.2) is 31.0 Å². The average Bonchev–Trinajstić information content (AvgIpc) is 4.08. The van der Waals surface area contributed by atoms with E-state index < -0.39 is 57.4 Å². The van der Waals surface area contributed by atoms with Crippen LogP contribution >= 0.6 is 11.6 Å². The molecule has 1 unspecified atom stereocenters. The number of anilines is 1. The Morgan fingerprint density at radius 1 is 1.02 bits per heavy atom. The largest absolute Gasteiger partial charge is 0.481 e. The first-order valence-electron chi connectivity index (χ1n) is 17.5. The molecule has 8 rings (SSSR count). The first-order valence-corrected chi connectivity index (χ1v) is 19.4. The monoisotopic (exact) mass is 813 g/mol. The number of hydrogen-bond acceptors (Lipinski definition) is 9. The van der Waals surface area contributed by atoms with Gasteiger partial charge in [-0.1, -0.05) is 11.6 Å². The highest BCUT2D eigenvalue weighted by Crippen LogP contribution is 2.39. The lowest BCUT2D eigenvalue weighted by Crippen LogP contribution is -2.37. The second-order valence-electron chi connectivity index (χ2n) is 13.7. The van der Waals surface area contributed by atoms with Crippen molar-refractivity contribution in [3.8, 4) is 11.6 Å². The molecule has 2 fully saturated rings. The number of rotatable bonds is 14. The predicted molar refractivity (Wildman–Crippen MR) is 197 cm³/mol. The van der Waals surface area contributed by atoms with Gasteiger partial charge in [0.05, 0.1) is 51.1 Å². The van der Waals surface area contributed by atoms with Crippen molar-refractivity contribution in [2.24, 2.45) is 0 Å². The number of amides is 1. The standard InChI is InChI=1S/C36H32ClF4N9O5S/c1-55-30-9-6-23-33(43-30)44-35(26(14-18-12-20(38)15-21(39)13-18)42-29(51)17-48-11-10-25(45-48)19-2-3-19)50(36(23)52)27-8-7-24(37)31-32(27)49(16-28(40)41)46-34(31)47-56(53,54)22-4-5-22/h6-13,15,19,22,26,28H,2-5,14,16-17H2,1H3,(H,42,51)(H,46,47). The van der Waals surface area contributed by atoms with E-state index in [0.29, 0.717) is 24.8 Å². The molecule has 0 spiro atoms. The van der Waals surface area contributed by atoms with Crippen molar-refractivity contribution in [1.29, 1.82) is 0 Å². The van der Waals surface area contributed by atoms with Crippen LogP contribution in [0.25, 0.3) is 27.6 Å². The molecule has 2 N–H and O–H groups in total. The molecule has 4 aromatic heterocycles. The number of aromatic nitrogens is 7. The zero-order chi connectivity index (χ0) is 39.5. The van der Waals surface area contributed by atoms with Crippen LogP contribution in [-0.2, 0) is 34.3 Å². The zero-order valence-electron chi connectivity index (χ0n) is 29.4. The lowest BCUT2D eigenvalue weighted by molar-refractivity contribution is -0.122. The summed E-state index contributed by atoms with van der Waals surface area (Å²) in [7, 11) is -2.62. The summed E-state index contributed by atoms with van der Waals surface area (Å²) in [5.41, 5.74) is -0.298. The van der Waals surface area contributed by atoms with E-state index in [9.17, 15) is 35.6 Å².